The van der Waals surface area contributed by atoms with Gasteiger partial charge in [0, 0.05) is 12.1 Å². The number of nitrogens with two attached hydrogens (primary N) is 1. The molecule has 0 fully saturated rings. The Morgan fingerprint density at radius 2 is 2.00 bits per heavy atom. The van der Waals surface area contributed by atoms with Crippen molar-refractivity contribution in [1.29, 1.82) is 0 Å². The van der Waals surface area contributed by atoms with Crippen LogP contribution in [0, 0.1) is 18.3 Å². The molecule has 0 aromatic carbocycles. The van der Waals surface area contributed by atoms with E-state index in [2.05, 4.69) is 32.0 Å². The molecule has 0 aliphatic rings. The van der Waals surface area contributed by atoms with Gasteiger partial charge in [-0.1, -0.05) is 33.1 Å². The molecule has 2 heteroatoms. The summed E-state index contributed by atoms with van der Waals surface area (Å²) < 4.78 is 0. The molecule has 3 unspecified atom stereocenters. The lowest BCUT2D eigenvalue weighted by molar-refractivity contribution is 0.246. The van der Waals surface area contributed by atoms with E-state index in [1.54, 1.807) is 0 Å². The van der Waals surface area contributed by atoms with E-state index in [0.717, 1.165) is 12.8 Å². The van der Waals surface area contributed by atoms with Crippen LogP contribution in [0.25, 0.3) is 0 Å². The second kappa shape index (κ2) is 6.87. The summed E-state index contributed by atoms with van der Waals surface area (Å²) in [5.41, 5.74) is 5.91. The summed E-state index contributed by atoms with van der Waals surface area (Å²) in [6.45, 7) is 9.32. The Hall–Kier alpha value is -0.520. The van der Waals surface area contributed by atoms with E-state index in [1.807, 2.05) is 6.92 Å². The Bertz CT molecular complexity index is 201. The molecule has 0 bridgehead atoms. The highest BCUT2D eigenvalue weighted by atomic mass is 15.0. The first kappa shape index (κ1) is 14.5. The second-order valence-corrected chi connectivity index (χ2v) is 4.59. The van der Waals surface area contributed by atoms with E-state index in [9.17, 15) is 0 Å². The van der Waals surface area contributed by atoms with Gasteiger partial charge in [-0.2, -0.15) is 0 Å². The number of nitrogens with one attached hydrogen (secondary N) is 1. The van der Waals surface area contributed by atoms with Gasteiger partial charge in [0.2, 0.25) is 0 Å². The molecule has 0 aromatic heterocycles. The Morgan fingerprint density at radius 3 is 2.33 bits per heavy atom. The van der Waals surface area contributed by atoms with Gasteiger partial charge in [-0.25, -0.2) is 0 Å². The first-order valence-electron chi connectivity index (χ1n) is 5.97. The van der Waals surface area contributed by atoms with Crippen molar-refractivity contribution in [3.8, 4) is 12.3 Å². The molecule has 15 heavy (non-hydrogen) atoms. The van der Waals surface area contributed by atoms with Crippen LogP contribution in [0.2, 0.25) is 0 Å². The largest absolute Gasteiger partial charge is 0.329 e. The molecule has 0 saturated carbocycles. The minimum atomic E-state index is 0.0151. The van der Waals surface area contributed by atoms with E-state index in [0.29, 0.717) is 12.5 Å². The van der Waals surface area contributed by atoms with Gasteiger partial charge in [0.1, 0.15) is 0 Å². The Morgan fingerprint density at radius 1 is 1.40 bits per heavy atom. The topological polar surface area (TPSA) is 38.0 Å². The predicted octanol–water partition coefficient (Wildman–Crippen LogP) is 2.14. The maximum absolute atomic E-state index is 5.89. The molecule has 0 saturated heterocycles. The number of hydrogen-bond acceptors (Lipinski definition) is 2. The summed E-state index contributed by atoms with van der Waals surface area (Å²) in [4.78, 5) is 0. The van der Waals surface area contributed by atoms with Crippen LogP contribution in [0.4, 0.5) is 0 Å². The molecule has 0 amide bonds. The molecule has 0 aliphatic heterocycles. The quantitative estimate of drug-likeness (QED) is 0.632. The smallest absolute Gasteiger partial charge is 0.0663 e. The lowest BCUT2D eigenvalue weighted by Gasteiger charge is -2.36. The van der Waals surface area contributed by atoms with Crippen molar-refractivity contribution in [1.82, 2.24) is 5.32 Å². The molecule has 88 valence electrons. The first-order chi connectivity index (χ1) is 7.03. The number of rotatable bonds is 7. The van der Waals surface area contributed by atoms with Crippen LogP contribution in [-0.4, -0.2) is 18.1 Å². The molecule has 0 radical (unpaired) electrons. The Kier molecular flexibility index (Phi) is 6.63. The van der Waals surface area contributed by atoms with Crippen LogP contribution < -0.4 is 11.1 Å². The van der Waals surface area contributed by atoms with Crippen LogP contribution in [0.1, 0.15) is 47.0 Å². The van der Waals surface area contributed by atoms with Crippen LogP contribution in [-0.2, 0) is 0 Å². The lowest BCUT2D eigenvalue weighted by atomic mass is 9.84. The van der Waals surface area contributed by atoms with Gasteiger partial charge in [0.25, 0.3) is 0 Å². The van der Waals surface area contributed by atoms with Crippen molar-refractivity contribution >= 4 is 0 Å². The van der Waals surface area contributed by atoms with Crippen molar-refractivity contribution in [2.75, 3.05) is 6.54 Å². The summed E-state index contributed by atoms with van der Waals surface area (Å²) in [5.74, 6) is 3.40. The van der Waals surface area contributed by atoms with Crippen LogP contribution in [0.3, 0.4) is 0 Å². The van der Waals surface area contributed by atoms with E-state index in [-0.39, 0.29) is 11.6 Å². The number of terminal acetylenes is 1. The molecule has 2 nitrogen and oxygen atoms in total. The number of hydrogen-bond donors (Lipinski definition) is 2. The normalized spacial score (nSPS) is 18.9. The SMILES string of the molecule is C#CC(C)NC(CC)(CN)CC(C)CC. The summed E-state index contributed by atoms with van der Waals surface area (Å²) in [7, 11) is 0. The van der Waals surface area contributed by atoms with Crippen molar-refractivity contribution in [3.05, 3.63) is 0 Å². The molecule has 3 atom stereocenters. The van der Waals surface area contributed by atoms with Crippen LogP contribution in [0.5, 0.6) is 0 Å². The highest BCUT2D eigenvalue weighted by Gasteiger charge is 2.28. The second-order valence-electron chi connectivity index (χ2n) is 4.59. The summed E-state index contributed by atoms with van der Waals surface area (Å²) in [6.07, 6.45) is 8.71. The molecular weight excluding hydrogens is 184 g/mol. The van der Waals surface area contributed by atoms with Crippen molar-refractivity contribution in [2.24, 2.45) is 11.7 Å². The van der Waals surface area contributed by atoms with Gasteiger partial charge in [-0.05, 0) is 25.7 Å². The standard InChI is InChI=1S/C13H26N2/c1-6-11(4)9-13(8-3,10-14)15-12(5)7-2/h2,11-12,15H,6,8-10,14H2,1,3-5H3. The molecule has 0 rings (SSSR count). The maximum Gasteiger partial charge on any atom is 0.0663 e. The van der Waals surface area contributed by atoms with E-state index < -0.39 is 0 Å². The molecular formula is C13H26N2. The summed E-state index contributed by atoms with van der Waals surface area (Å²) >= 11 is 0. The molecule has 0 aromatic rings. The molecule has 0 aliphatic carbocycles. The van der Waals surface area contributed by atoms with E-state index >= 15 is 0 Å². The Balaban J connectivity index is 4.51. The Labute approximate surface area is 95.0 Å². The summed E-state index contributed by atoms with van der Waals surface area (Å²) in [5, 5.41) is 3.48. The summed E-state index contributed by atoms with van der Waals surface area (Å²) in [6, 6.07) is 0.0950. The van der Waals surface area contributed by atoms with Gasteiger partial charge in [0.15, 0.2) is 0 Å². The third-order valence-corrected chi connectivity index (χ3v) is 3.28. The van der Waals surface area contributed by atoms with Gasteiger partial charge < -0.3 is 5.73 Å². The zero-order valence-electron chi connectivity index (χ0n) is 10.6. The van der Waals surface area contributed by atoms with E-state index in [4.69, 9.17) is 12.2 Å². The molecule has 3 N–H and O–H groups in total. The van der Waals surface area contributed by atoms with Crippen LogP contribution >= 0.6 is 0 Å². The molecule has 0 heterocycles. The highest BCUT2D eigenvalue weighted by Crippen LogP contribution is 2.22. The average molecular weight is 210 g/mol. The maximum atomic E-state index is 5.89. The minimum Gasteiger partial charge on any atom is -0.329 e. The van der Waals surface area contributed by atoms with Gasteiger partial charge in [0.05, 0.1) is 6.04 Å². The van der Waals surface area contributed by atoms with Crippen molar-refractivity contribution in [3.63, 3.8) is 0 Å². The fourth-order valence-electron chi connectivity index (χ4n) is 1.90. The monoisotopic (exact) mass is 210 g/mol. The molecule has 0 spiro atoms. The van der Waals surface area contributed by atoms with Crippen LogP contribution in [0.15, 0.2) is 0 Å². The fraction of sp³-hybridized carbons (Fsp3) is 0.846. The van der Waals surface area contributed by atoms with Gasteiger partial charge in [-0.3, -0.25) is 5.32 Å². The van der Waals surface area contributed by atoms with E-state index in [1.165, 1.54) is 6.42 Å². The highest BCUT2D eigenvalue weighted by molar-refractivity contribution is 5.02. The zero-order valence-corrected chi connectivity index (χ0v) is 10.6. The fourth-order valence-corrected chi connectivity index (χ4v) is 1.90. The lowest BCUT2D eigenvalue weighted by Crippen LogP contribution is -2.54. The van der Waals surface area contributed by atoms with Crippen molar-refractivity contribution in [2.45, 2.75) is 58.5 Å². The van der Waals surface area contributed by atoms with Gasteiger partial charge >= 0.3 is 0 Å². The van der Waals surface area contributed by atoms with Crippen molar-refractivity contribution < 1.29 is 0 Å². The van der Waals surface area contributed by atoms with Gasteiger partial charge in [-0.15, -0.1) is 6.42 Å². The first-order valence-corrected chi connectivity index (χ1v) is 5.97. The average Bonchev–Trinajstić information content (AvgIpc) is 2.27. The zero-order chi connectivity index (χ0) is 11.9. The minimum absolute atomic E-state index is 0.0151. The third kappa shape index (κ3) is 4.68. The predicted molar refractivity (Wildman–Crippen MR) is 67.6 cm³/mol. The third-order valence-electron chi connectivity index (χ3n) is 3.28.